The average molecular weight is 328 g/mol. The molecule has 1 heterocycles. The standard InChI is InChI=1S/C22H16OS/c23-22(17-11-5-2-6-12-17)21-18-13-7-8-14-19(18)24-20(21)15-16-9-3-1-4-10-16/h1-14H,15H2. The Morgan fingerprint density at radius 3 is 2.12 bits per heavy atom. The van der Waals surface area contributed by atoms with Gasteiger partial charge >= 0.3 is 0 Å². The predicted molar refractivity (Wildman–Crippen MR) is 101 cm³/mol. The monoisotopic (exact) mass is 328 g/mol. The van der Waals surface area contributed by atoms with E-state index in [9.17, 15) is 4.79 Å². The van der Waals surface area contributed by atoms with Crippen molar-refractivity contribution < 1.29 is 4.79 Å². The second-order valence-corrected chi connectivity index (χ2v) is 6.89. The second-order valence-electron chi connectivity index (χ2n) is 5.75. The van der Waals surface area contributed by atoms with Crippen LogP contribution in [0, 0.1) is 0 Å². The van der Waals surface area contributed by atoms with Gasteiger partial charge in [-0.15, -0.1) is 11.3 Å². The molecule has 3 aromatic carbocycles. The van der Waals surface area contributed by atoms with Crippen molar-refractivity contribution in [3.63, 3.8) is 0 Å². The largest absolute Gasteiger partial charge is 0.289 e. The number of fused-ring (bicyclic) bond motifs is 1. The van der Waals surface area contributed by atoms with Crippen molar-refractivity contribution >= 4 is 27.2 Å². The molecule has 0 fully saturated rings. The minimum atomic E-state index is 0.110. The summed E-state index contributed by atoms with van der Waals surface area (Å²) in [4.78, 5) is 14.3. The lowest BCUT2D eigenvalue weighted by molar-refractivity contribution is 0.104. The van der Waals surface area contributed by atoms with Gasteiger partial charge in [-0.3, -0.25) is 4.79 Å². The Kier molecular flexibility index (Phi) is 3.97. The van der Waals surface area contributed by atoms with Crippen LogP contribution in [0.1, 0.15) is 26.4 Å². The summed E-state index contributed by atoms with van der Waals surface area (Å²) in [5.41, 5.74) is 2.83. The molecule has 0 aliphatic rings. The molecule has 2 heteroatoms. The van der Waals surface area contributed by atoms with Crippen LogP contribution in [0.3, 0.4) is 0 Å². The van der Waals surface area contributed by atoms with E-state index in [1.807, 2.05) is 60.7 Å². The van der Waals surface area contributed by atoms with Crippen molar-refractivity contribution in [1.29, 1.82) is 0 Å². The normalized spacial score (nSPS) is 10.8. The molecule has 0 spiro atoms. The van der Waals surface area contributed by atoms with Crippen LogP contribution in [0.4, 0.5) is 0 Å². The van der Waals surface area contributed by atoms with E-state index in [2.05, 4.69) is 24.3 Å². The zero-order valence-corrected chi connectivity index (χ0v) is 13.9. The highest BCUT2D eigenvalue weighted by atomic mass is 32.1. The fourth-order valence-electron chi connectivity index (χ4n) is 2.98. The average Bonchev–Trinajstić information content (AvgIpc) is 3.00. The summed E-state index contributed by atoms with van der Waals surface area (Å²) >= 11 is 1.72. The van der Waals surface area contributed by atoms with Crippen molar-refractivity contribution in [2.45, 2.75) is 6.42 Å². The molecule has 116 valence electrons. The molecule has 0 aliphatic carbocycles. The number of carbonyl (C=O) groups is 1. The SMILES string of the molecule is O=C(c1ccccc1)c1c(Cc2ccccc2)sc2ccccc12. The molecule has 4 rings (SSSR count). The number of benzene rings is 3. The van der Waals surface area contributed by atoms with Gasteiger partial charge in [-0.2, -0.15) is 0 Å². The second kappa shape index (κ2) is 6.42. The molecular formula is C22H16OS. The van der Waals surface area contributed by atoms with Gasteiger partial charge in [0.05, 0.1) is 0 Å². The van der Waals surface area contributed by atoms with Crippen molar-refractivity contribution in [2.75, 3.05) is 0 Å². The first kappa shape index (κ1) is 14.9. The number of hydrogen-bond acceptors (Lipinski definition) is 2. The molecule has 0 saturated heterocycles. The molecule has 4 aromatic rings. The van der Waals surface area contributed by atoms with Crippen molar-refractivity contribution in [1.82, 2.24) is 0 Å². The summed E-state index contributed by atoms with van der Waals surface area (Å²) in [7, 11) is 0. The summed E-state index contributed by atoms with van der Waals surface area (Å²) in [6.45, 7) is 0. The highest BCUT2D eigenvalue weighted by Gasteiger charge is 2.20. The van der Waals surface area contributed by atoms with Gasteiger partial charge in [0.25, 0.3) is 0 Å². The molecule has 1 nitrogen and oxygen atoms in total. The van der Waals surface area contributed by atoms with Crippen LogP contribution in [0.15, 0.2) is 84.9 Å². The maximum atomic E-state index is 13.1. The van der Waals surface area contributed by atoms with Crippen LogP contribution < -0.4 is 0 Å². The van der Waals surface area contributed by atoms with Gasteiger partial charge < -0.3 is 0 Å². The first-order valence-electron chi connectivity index (χ1n) is 7.97. The van der Waals surface area contributed by atoms with Crippen LogP contribution >= 0.6 is 11.3 Å². The Balaban J connectivity index is 1.86. The Bertz CT molecular complexity index is 984. The summed E-state index contributed by atoms with van der Waals surface area (Å²) in [5, 5.41) is 1.06. The van der Waals surface area contributed by atoms with E-state index in [4.69, 9.17) is 0 Å². The van der Waals surface area contributed by atoms with Crippen LogP contribution in [0.25, 0.3) is 10.1 Å². The van der Waals surface area contributed by atoms with E-state index in [0.717, 1.165) is 27.8 Å². The Morgan fingerprint density at radius 1 is 0.750 bits per heavy atom. The molecule has 0 saturated carbocycles. The highest BCUT2D eigenvalue weighted by molar-refractivity contribution is 7.19. The summed E-state index contributed by atoms with van der Waals surface area (Å²) in [5.74, 6) is 0.110. The zero-order chi connectivity index (χ0) is 16.4. The predicted octanol–water partition coefficient (Wildman–Crippen LogP) is 5.72. The van der Waals surface area contributed by atoms with Gasteiger partial charge in [0.1, 0.15) is 0 Å². The summed E-state index contributed by atoms with van der Waals surface area (Å²) in [6, 6.07) is 28.1. The molecule has 24 heavy (non-hydrogen) atoms. The molecule has 0 amide bonds. The van der Waals surface area contributed by atoms with Crippen molar-refractivity contribution in [2.24, 2.45) is 0 Å². The molecular weight excluding hydrogens is 312 g/mol. The summed E-state index contributed by atoms with van der Waals surface area (Å²) < 4.78 is 1.17. The molecule has 0 bridgehead atoms. The van der Waals surface area contributed by atoms with E-state index in [0.29, 0.717) is 0 Å². The number of ketones is 1. The van der Waals surface area contributed by atoms with Crippen LogP contribution in [-0.2, 0) is 6.42 Å². The third-order valence-corrected chi connectivity index (χ3v) is 5.31. The van der Waals surface area contributed by atoms with Gasteiger partial charge in [-0.25, -0.2) is 0 Å². The van der Waals surface area contributed by atoms with E-state index < -0.39 is 0 Å². The number of carbonyl (C=O) groups excluding carboxylic acids is 1. The van der Waals surface area contributed by atoms with Crippen LogP contribution in [-0.4, -0.2) is 5.78 Å². The third kappa shape index (κ3) is 2.77. The lowest BCUT2D eigenvalue weighted by atomic mass is 9.98. The Labute approximate surface area is 145 Å². The fourth-order valence-corrected chi connectivity index (χ4v) is 4.22. The Hall–Kier alpha value is -2.71. The van der Waals surface area contributed by atoms with Gasteiger partial charge in [-0.1, -0.05) is 78.9 Å². The fraction of sp³-hybridized carbons (Fsp3) is 0.0455. The number of hydrogen-bond donors (Lipinski definition) is 0. The maximum Gasteiger partial charge on any atom is 0.194 e. The quantitative estimate of drug-likeness (QED) is 0.438. The maximum absolute atomic E-state index is 13.1. The molecule has 0 aliphatic heterocycles. The first-order chi connectivity index (χ1) is 11.8. The van der Waals surface area contributed by atoms with Crippen LogP contribution in [0.5, 0.6) is 0 Å². The molecule has 0 radical (unpaired) electrons. The smallest absolute Gasteiger partial charge is 0.194 e. The van der Waals surface area contributed by atoms with E-state index in [-0.39, 0.29) is 5.78 Å². The number of rotatable bonds is 4. The summed E-state index contributed by atoms with van der Waals surface area (Å²) in [6.07, 6.45) is 0.786. The van der Waals surface area contributed by atoms with E-state index >= 15 is 0 Å². The minimum Gasteiger partial charge on any atom is -0.289 e. The lowest BCUT2D eigenvalue weighted by Gasteiger charge is -2.05. The molecule has 1 aromatic heterocycles. The van der Waals surface area contributed by atoms with Gasteiger partial charge in [0, 0.05) is 32.5 Å². The molecule has 0 atom stereocenters. The third-order valence-electron chi connectivity index (χ3n) is 4.14. The number of thiophene rings is 1. The topological polar surface area (TPSA) is 17.1 Å². The van der Waals surface area contributed by atoms with E-state index in [1.54, 1.807) is 11.3 Å². The first-order valence-corrected chi connectivity index (χ1v) is 8.78. The highest BCUT2D eigenvalue weighted by Crippen LogP contribution is 2.34. The van der Waals surface area contributed by atoms with E-state index in [1.165, 1.54) is 10.3 Å². The minimum absolute atomic E-state index is 0.110. The van der Waals surface area contributed by atoms with Crippen molar-refractivity contribution in [3.8, 4) is 0 Å². The molecule has 0 N–H and O–H groups in total. The molecule has 0 unspecified atom stereocenters. The van der Waals surface area contributed by atoms with Crippen LogP contribution in [0.2, 0.25) is 0 Å². The Morgan fingerprint density at radius 2 is 1.38 bits per heavy atom. The zero-order valence-electron chi connectivity index (χ0n) is 13.1. The van der Waals surface area contributed by atoms with Gasteiger partial charge in [-0.05, 0) is 11.6 Å². The van der Waals surface area contributed by atoms with Crippen molar-refractivity contribution in [3.05, 3.63) is 106 Å². The van der Waals surface area contributed by atoms with Gasteiger partial charge in [0.2, 0.25) is 0 Å². The van der Waals surface area contributed by atoms with Gasteiger partial charge in [0.15, 0.2) is 5.78 Å². The lowest BCUT2D eigenvalue weighted by Crippen LogP contribution is -2.03.